The van der Waals surface area contributed by atoms with Gasteiger partial charge in [0.15, 0.2) is 5.16 Å². The minimum absolute atomic E-state index is 0.101. The molecule has 0 saturated heterocycles. The fraction of sp³-hybridized carbons (Fsp3) is 0.231. The van der Waals surface area contributed by atoms with Crippen LogP contribution in [0.4, 0.5) is 17.6 Å². The average Bonchev–Trinajstić information content (AvgIpc) is 2.45. The summed E-state index contributed by atoms with van der Waals surface area (Å²) in [4.78, 5) is 8.17. The summed E-state index contributed by atoms with van der Waals surface area (Å²) < 4.78 is 50.1. The molecule has 2 aromatic rings. The molecular weight excluding hydrogens is 324 g/mol. The largest absolute Gasteiger partial charge is 0.433 e. The third-order valence-corrected chi connectivity index (χ3v) is 4.46. The summed E-state index contributed by atoms with van der Waals surface area (Å²) in [6.07, 6.45) is -3.35. The number of thioether (sulfide) groups is 2. The molecule has 0 aliphatic carbocycles. The lowest BCUT2D eigenvalue weighted by Gasteiger charge is -2.06. The van der Waals surface area contributed by atoms with Gasteiger partial charge in [0.1, 0.15) is 11.5 Å². The molecule has 0 amide bonds. The second kappa shape index (κ2) is 7.13. The van der Waals surface area contributed by atoms with Gasteiger partial charge in [-0.25, -0.2) is 14.4 Å². The molecule has 2 nitrogen and oxygen atoms in total. The van der Waals surface area contributed by atoms with E-state index >= 15 is 0 Å². The Kier molecular flexibility index (Phi) is 5.46. The van der Waals surface area contributed by atoms with Crippen LogP contribution in [-0.4, -0.2) is 21.5 Å². The van der Waals surface area contributed by atoms with Crippen molar-refractivity contribution in [1.29, 1.82) is 0 Å². The zero-order valence-electron chi connectivity index (χ0n) is 10.6. The molecule has 0 spiro atoms. The molecule has 8 heteroatoms. The summed E-state index contributed by atoms with van der Waals surface area (Å²) in [6, 6.07) is 6.89. The predicted octanol–water partition coefficient (Wildman–Crippen LogP) is 4.52. The van der Waals surface area contributed by atoms with E-state index in [2.05, 4.69) is 9.97 Å². The first kappa shape index (κ1) is 16.1. The molecule has 1 aromatic heterocycles. The van der Waals surface area contributed by atoms with Gasteiger partial charge >= 0.3 is 6.18 Å². The Morgan fingerprint density at radius 1 is 0.952 bits per heavy atom. The van der Waals surface area contributed by atoms with Crippen molar-refractivity contribution in [2.75, 3.05) is 11.5 Å². The lowest BCUT2D eigenvalue weighted by Crippen LogP contribution is -2.08. The van der Waals surface area contributed by atoms with Gasteiger partial charge in [0, 0.05) is 22.6 Å². The Hall–Kier alpha value is -1.28. The molecule has 0 bridgehead atoms. The van der Waals surface area contributed by atoms with E-state index in [4.69, 9.17) is 0 Å². The van der Waals surface area contributed by atoms with Crippen LogP contribution in [0.1, 0.15) is 5.69 Å². The number of hydrogen-bond acceptors (Lipinski definition) is 4. The molecular formula is C13H10F4N2S2. The Morgan fingerprint density at radius 2 is 1.62 bits per heavy atom. The Balaban J connectivity index is 1.82. The number of benzene rings is 1. The van der Waals surface area contributed by atoms with Gasteiger partial charge in [-0.05, 0) is 30.3 Å². The number of aromatic nitrogens is 2. The number of nitrogens with zero attached hydrogens (tertiary/aromatic N) is 2. The monoisotopic (exact) mass is 334 g/mol. The topological polar surface area (TPSA) is 25.8 Å². The predicted molar refractivity (Wildman–Crippen MR) is 74.9 cm³/mol. The molecule has 0 radical (unpaired) electrons. The molecule has 1 heterocycles. The first-order chi connectivity index (χ1) is 9.95. The van der Waals surface area contributed by atoms with Crippen molar-refractivity contribution >= 4 is 23.5 Å². The minimum Gasteiger partial charge on any atom is -0.231 e. The van der Waals surface area contributed by atoms with Crippen LogP contribution in [0, 0.1) is 5.82 Å². The van der Waals surface area contributed by atoms with Crippen LogP contribution in [0.5, 0.6) is 0 Å². The van der Waals surface area contributed by atoms with Gasteiger partial charge < -0.3 is 0 Å². The first-order valence-electron chi connectivity index (χ1n) is 5.86. The van der Waals surface area contributed by atoms with Gasteiger partial charge in [0.05, 0.1) is 0 Å². The second-order valence-corrected chi connectivity index (χ2v) is 6.10. The van der Waals surface area contributed by atoms with Crippen LogP contribution in [0.2, 0.25) is 0 Å². The van der Waals surface area contributed by atoms with E-state index in [0.29, 0.717) is 11.5 Å². The van der Waals surface area contributed by atoms with Gasteiger partial charge in [0.2, 0.25) is 0 Å². The van der Waals surface area contributed by atoms with E-state index < -0.39 is 11.9 Å². The van der Waals surface area contributed by atoms with Crippen LogP contribution in [0.25, 0.3) is 0 Å². The Bertz CT molecular complexity index is 587. The standard InChI is InChI=1S/C13H10F4N2S2/c14-9-1-3-10(4-2-9)20-7-8-21-12-18-6-5-11(19-12)13(15,16)17/h1-6H,7-8H2. The third-order valence-electron chi connectivity index (χ3n) is 2.32. The van der Waals surface area contributed by atoms with Gasteiger partial charge in [-0.15, -0.1) is 11.8 Å². The van der Waals surface area contributed by atoms with E-state index in [1.165, 1.54) is 23.9 Å². The van der Waals surface area contributed by atoms with Crippen molar-refractivity contribution in [3.05, 3.63) is 48.0 Å². The van der Waals surface area contributed by atoms with Crippen molar-refractivity contribution < 1.29 is 17.6 Å². The normalized spacial score (nSPS) is 11.6. The lowest BCUT2D eigenvalue weighted by atomic mass is 10.4. The first-order valence-corrected chi connectivity index (χ1v) is 7.84. The Morgan fingerprint density at radius 3 is 2.29 bits per heavy atom. The van der Waals surface area contributed by atoms with Crippen molar-refractivity contribution in [3.8, 4) is 0 Å². The average molecular weight is 334 g/mol. The van der Waals surface area contributed by atoms with E-state index in [9.17, 15) is 17.6 Å². The highest BCUT2D eigenvalue weighted by atomic mass is 32.2. The van der Waals surface area contributed by atoms with Gasteiger partial charge in [-0.3, -0.25) is 0 Å². The van der Waals surface area contributed by atoms with Gasteiger partial charge in [-0.1, -0.05) is 11.8 Å². The molecule has 1 aromatic carbocycles. The molecule has 0 aliphatic heterocycles. The molecule has 0 unspecified atom stereocenters. The summed E-state index contributed by atoms with van der Waals surface area (Å²) in [5.41, 5.74) is -0.939. The van der Waals surface area contributed by atoms with E-state index in [1.807, 2.05) is 0 Å². The highest BCUT2D eigenvalue weighted by Gasteiger charge is 2.32. The maximum atomic E-state index is 12.7. The SMILES string of the molecule is Fc1ccc(SCCSc2nccc(C(F)(F)F)n2)cc1. The van der Waals surface area contributed by atoms with E-state index in [0.717, 1.165) is 28.9 Å². The van der Waals surface area contributed by atoms with Gasteiger partial charge in [-0.2, -0.15) is 13.2 Å². The molecule has 21 heavy (non-hydrogen) atoms. The van der Waals surface area contributed by atoms with Crippen LogP contribution in [0.15, 0.2) is 46.6 Å². The maximum Gasteiger partial charge on any atom is 0.433 e. The van der Waals surface area contributed by atoms with Gasteiger partial charge in [0.25, 0.3) is 0 Å². The zero-order valence-corrected chi connectivity index (χ0v) is 12.2. The Labute approximate surface area is 127 Å². The number of alkyl halides is 3. The summed E-state index contributed by atoms with van der Waals surface area (Å²) in [6.45, 7) is 0. The highest BCUT2D eigenvalue weighted by molar-refractivity contribution is 8.02. The summed E-state index contributed by atoms with van der Waals surface area (Å²) in [7, 11) is 0. The summed E-state index contributed by atoms with van der Waals surface area (Å²) >= 11 is 2.65. The van der Waals surface area contributed by atoms with E-state index in [1.54, 1.807) is 12.1 Å². The number of hydrogen-bond donors (Lipinski definition) is 0. The van der Waals surface area contributed by atoms with Crippen LogP contribution in [-0.2, 0) is 6.18 Å². The molecule has 112 valence electrons. The van der Waals surface area contributed by atoms with Crippen molar-refractivity contribution in [3.63, 3.8) is 0 Å². The minimum atomic E-state index is -4.46. The maximum absolute atomic E-state index is 12.7. The lowest BCUT2D eigenvalue weighted by molar-refractivity contribution is -0.141. The van der Waals surface area contributed by atoms with Crippen LogP contribution < -0.4 is 0 Å². The summed E-state index contributed by atoms with van der Waals surface area (Å²) in [5, 5.41) is 0.101. The van der Waals surface area contributed by atoms with Crippen LogP contribution in [0.3, 0.4) is 0 Å². The smallest absolute Gasteiger partial charge is 0.231 e. The molecule has 2 rings (SSSR count). The molecule has 0 atom stereocenters. The van der Waals surface area contributed by atoms with Crippen molar-refractivity contribution in [2.45, 2.75) is 16.2 Å². The fourth-order valence-electron chi connectivity index (χ4n) is 1.39. The van der Waals surface area contributed by atoms with Crippen molar-refractivity contribution in [1.82, 2.24) is 9.97 Å². The van der Waals surface area contributed by atoms with E-state index in [-0.39, 0.29) is 11.0 Å². The molecule has 0 saturated carbocycles. The zero-order chi connectivity index (χ0) is 15.3. The molecule has 0 N–H and O–H groups in total. The second-order valence-electron chi connectivity index (χ2n) is 3.87. The third kappa shape index (κ3) is 5.20. The summed E-state index contributed by atoms with van der Waals surface area (Å²) in [5.74, 6) is 0.922. The van der Waals surface area contributed by atoms with Crippen molar-refractivity contribution in [2.24, 2.45) is 0 Å². The molecule has 0 fully saturated rings. The fourth-order valence-corrected chi connectivity index (χ4v) is 3.10. The number of rotatable bonds is 5. The van der Waals surface area contributed by atoms with Crippen LogP contribution >= 0.6 is 23.5 Å². The number of halogens is 4. The molecule has 0 aliphatic rings. The highest BCUT2D eigenvalue weighted by Crippen LogP contribution is 2.28. The quantitative estimate of drug-likeness (QED) is 0.347.